The first-order valence-corrected chi connectivity index (χ1v) is 8.19. The van der Waals surface area contributed by atoms with Crippen LogP contribution in [0.25, 0.3) is 0 Å². The third-order valence-electron chi connectivity index (χ3n) is 4.45. The monoisotopic (exact) mass is 447 g/mol. The topological polar surface area (TPSA) is 87.4 Å². The Morgan fingerprint density at radius 2 is 1.92 bits per heavy atom. The molecule has 24 heavy (non-hydrogen) atoms. The molecule has 3 rings (SSSR count). The van der Waals surface area contributed by atoms with Gasteiger partial charge in [-0.25, -0.2) is 4.99 Å². The van der Waals surface area contributed by atoms with E-state index in [1.54, 1.807) is 4.90 Å². The molecule has 9 heteroatoms. The van der Waals surface area contributed by atoms with Crippen molar-refractivity contribution in [1.29, 1.82) is 0 Å². The summed E-state index contributed by atoms with van der Waals surface area (Å²) >= 11 is 0. The average molecular weight is 447 g/mol. The minimum Gasteiger partial charge on any atom is -0.354 e. The van der Waals surface area contributed by atoms with Crippen molar-refractivity contribution < 1.29 is 4.79 Å². The molecule has 0 aromatic carbocycles. The fourth-order valence-corrected chi connectivity index (χ4v) is 2.62. The first kappa shape index (κ1) is 18.9. The van der Waals surface area contributed by atoms with Crippen LogP contribution in [0.15, 0.2) is 4.99 Å². The normalized spacial score (nSPS) is 21.5. The molecular weight excluding hydrogens is 421 g/mol. The number of rotatable bonds is 4. The summed E-state index contributed by atoms with van der Waals surface area (Å²) < 4.78 is 1.95. The smallest absolute Gasteiger partial charge is 0.222 e. The lowest BCUT2D eigenvalue weighted by molar-refractivity contribution is -0.132. The Kier molecular flexibility index (Phi) is 6.41. The van der Waals surface area contributed by atoms with E-state index in [2.05, 4.69) is 25.8 Å². The molecule has 134 valence electrons. The van der Waals surface area contributed by atoms with Crippen molar-refractivity contribution in [3.8, 4) is 0 Å². The number of nitrogens with one attached hydrogen (secondary N) is 2. The highest BCUT2D eigenvalue weighted by atomic mass is 127. The number of piperidine rings is 1. The number of hydrogen-bond donors (Lipinski definition) is 2. The van der Waals surface area contributed by atoms with Crippen LogP contribution in [-0.2, 0) is 18.4 Å². The second kappa shape index (κ2) is 8.13. The number of likely N-dealkylation sites (N-methyl/N-ethyl adjacent to an activating group) is 1. The maximum Gasteiger partial charge on any atom is 0.222 e. The van der Waals surface area contributed by atoms with Crippen molar-refractivity contribution in [3.05, 3.63) is 11.6 Å². The third-order valence-corrected chi connectivity index (χ3v) is 4.45. The molecule has 0 bridgehead atoms. The lowest BCUT2D eigenvalue weighted by Gasteiger charge is -2.31. The predicted molar refractivity (Wildman–Crippen MR) is 102 cm³/mol. The van der Waals surface area contributed by atoms with Crippen LogP contribution in [0, 0.1) is 6.92 Å². The number of carbonyl (C=O) groups excluding carboxylic acids is 1. The minimum absolute atomic E-state index is 0. The van der Waals surface area contributed by atoms with E-state index < -0.39 is 0 Å². The lowest BCUT2D eigenvalue weighted by Crippen LogP contribution is -2.52. The zero-order chi connectivity index (χ0) is 16.4. The van der Waals surface area contributed by atoms with Gasteiger partial charge in [0.2, 0.25) is 5.91 Å². The molecule has 1 saturated carbocycles. The van der Waals surface area contributed by atoms with Gasteiger partial charge in [0.1, 0.15) is 12.4 Å². The Morgan fingerprint density at radius 1 is 1.21 bits per heavy atom. The van der Waals surface area contributed by atoms with Gasteiger partial charge in [0.05, 0.1) is 0 Å². The highest BCUT2D eigenvalue weighted by molar-refractivity contribution is 14.0. The Bertz CT molecular complexity index is 611. The number of halogens is 1. The SMILES string of the molecule is Cc1nnc(CN=C(NC2CC2)NC2CCC(=O)N(C)C2)n1C.I. The summed E-state index contributed by atoms with van der Waals surface area (Å²) in [7, 11) is 3.80. The predicted octanol–water partition coefficient (Wildman–Crippen LogP) is 0.560. The largest absolute Gasteiger partial charge is 0.354 e. The van der Waals surface area contributed by atoms with Crippen LogP contribution in [-0.4, -0.2) is 57.2 Å². The zero-order valence-electron chi connectivity index (χ0n) is 14.4. The van der Waals surface area contributed by atoms with E-state index in [-0.39, 0.29) is 35.9 Å². The molecule has 0 radical (unpaired) electrons. The van der Waals surface area contributed by atoms with Crippen LogP contribution in [0.3, 0.4) is 0 Å². The quantitative estimate of drug-likeness (QED) is 0.400. The number of amides is 1. The molecule has 1 aliphatic heterocycles. The molecule has 2 heterocycles. The first-order valence-electron chi connectivity index (χ1n) is 8.19. The van der Waals surface area contributed by atoms with E-state index in [1.165, 1.54) is 12.8 Å². The van der Waals surface area contributed by atoms with Gasteiger partial charge in [-0.1, -0.05) is 0 Å². The molecule has 8 nitrogen and oxygen atoms in total. The zero-order valence-corrected chi connectivity index (χ0v) is 16.8. The van der Waals surface area contributed by atoms with Crippen molar-refractivity contribution in [2.24, 2.45) is 12.0 Å². The number of guanidine groups is 1. The maximum atomic E-state index is 11.6. The van der Waals surface area contributed by atoms with Gasteiger partial charge in [0.15, 0.2) is 11.8 Å². The van der Waals surface area contributed by atoms with Crippen molar-refractivity contribution in [2.45, 2.75) is 51.2 Å². The standard InChI is InChI=1S/C15H25N7O.HI/c1-10-19-20-13(22(10)3)8-16-15(17-11-4-5-11)18-12-6-7-14(23)21(2)9-12;/h11-12H,4-9H2,1-3H3,(H2,16,17,18);1H. The fourth-order valence-electron chi connectivity index (χ4n) is 2.62. The van der Waals surface area contributed by atoms with Crippen molar-refractivity contribution in [1.82, 2.24) is 30.3 Å². The summed E-state index contributed by atoms with van der Waals surface area (Å²) in [6.07, 6.45) is 3.81. The van der Waals surface area contributed by atoms with Crippen LogP contribution < -0.4 is 10.6 Å². The van der Waals surface area contributed by atoms with E-state index >= 15 is 0 Å². The molecule has 2 aliphatic rings. The number of aromatic nitrogens is 3. The highest BCUT2D eigenvalue weighted by Gasteiger charge is 2.26. The third kappa shape index (κ3) is 4.81. The Labute approximate surface area is 159 Å². The summed E-state index contributed by atoms with van der Waals surface area (Å²) in [6, 6.07) is 0.759. The van der Waals surface area contributed by atoms with Crippen LogP contribution >= 0.6 is 24.0 Å². The van der Waals surface area contributed by atoms with Gasteiger partial charge in [0, 0.05) is 39.1 Å². The van der Waals surface area contributed by atoms with Crippen molar-refractivity contribution in [2.75, 3.05) is 13.6 Å². The number of carbonyl (C=O) groups is 1. The molecule has 1 amide bonds. The van der Waals surface area contributed by atoms with Gasteiger partial charge >= 0.3 is 0 Å². The fraction of sp³-hybridized carbons (Fsp3) is 0.733. The van der Waals surface area contributed by atoms with Crippen LogP contribution in [0.1, 0.15) is 37.3 Å². The van der Waals surface area contributed by atoms with Crippen LogP contribution in [0.4, 0.5) is 0 Å². The molecule has 1 aliphatic carbocycles. The van der Waals surface area contributed by atoms with Crippen LogP contribution in [0.5, 0.6) is 0 Å². The molecule has 1 aromatic rings. The van der Waals surface area contributed by atoms with Gasteiger partial charge in [-0.05, 0) is 26.2 Å². The summed E-state index contributed by atoms with van der Waals surface area (Å²) in [6.45, 7) is 3.13. The van der Waals surface area contributed by atoms with E-state index in [0.29, 0.717) is 25.6 Å². The number of nitrogens with zero attached hydrogens (tertiary/aromatic N) is 5. The lowest BCUT2D eigenvalue weighted by atomic mass is 10.1. The molecule has 2 N–H and O–H groups in total. The summed E-state index contributed by atoms with van der Waals surface area (Å²) in [5.41, 5.74) is 0. The average Bonchev–Trinajstić information content (AvgIpc) is 3.28. The van der Waals surface area contributed by atoms with Gasteiger partial charge in [0.25, 0.3) is 0 Å². The number of likely N-dealkylation sites (tertiary alicyclic amines) is 1. The van der Waals surface area contributed by atoms with Crippen molar-refractivity contribution >= 4 is 35.8 Å². The maximum absolute atomic E-state index is 11.6. The number of hydrogen-bond acceptors (Lipinski definition) is 4. The van der Waals surface area contributed by atoms with Gasteiger partial charge in [-0.2, -0.15) is 0 Å². The highest BCUT2D eigenvalue weighted by Crippen LogP contribution is 2.18. The van der Waals surface area contributed by atoms with Crippen molar-refractivity contribution in [3.63, 3.8) is 0 Å². The number of aryl methyl sites for hydroxylation is 1. The van der Waals surface area contributed by atoms with E-state index in [1.807, 2.05) is 25.6 Å². The second-order valence-corrected chi connectivity index (χ2v) is 6.46. The molecule has 1 aromatic heterocycles. The van der Waals surface area contributed by atoms with Gasteiger partial charge < -0.3 is 20.1 Å². The molecule has 1 atom stereocenters. The number of aliphatic imine (C=N–C) groups is 1. The molecule has 1 saturated heterocycles. The molecular formula is C15H26IN7O. The van der Waals surface area contributed by atoms with E-state index in [4.69, 9.17) is 0 Å². The van der Waals surface area contributed by atoms with E-state index in [9.17, 15) is 4.79 Å². The Hall–Kier alpha value is -1.39. The molecule has 1 unspecified atom stereocenters. The molecule has 0 spiro atoms. The van der Waals surface area contributed by atoms with E-state index in [0.717, 1.165) is 24.0 Å². The van der Waals surface area contributed by atoms with Gasteiger partial charge in [-0.15, -0.1) is 34.2 Å². The second-order valence-electron chi connectivity index (χ2n) is 6.46. The summed E-state index contributed by atoms with van der Waals surface area (Å²) in [4.78, 5) is 18.0. The summed E-state index contributed by atoms with van der Waals surface area (Å²) in [5, 5.41) is 15.1. The first-order chi connectivity index (χ1) is 11.0. The molecule has 2 fully saturated rings. The summed E-state index contributed by atoms with van der Waals surface area (Å²) in [5.74, 6) is 2.75. The van der Waals surface area contributed by atoms with Gasteiger partial charge in [-0.3, -0.25) is 4.79 Å². The Balaban J connectivity index is 0.00000208. The Morgan fingerprint density at radius 3 is 2.50 bits per heavy atom. The minimum atomic E-state index is 0. The van der Waals surface area contributed by atoms with Crippen LogP contribution in [0.2, 0.25) is 0 Å².